The smallest absolute Gasteiger partial charge is 0.225 e. The Hall–Kier alpha value is -2.30. The topological polar surface area (TPSA) is 38.3 Å². The molecular formula is C20H16ClNO2S. The predicted octanol–water partition coefficient (Wildman–Crippen LogP) is 5.55. The number of fused-ring (bicyclic) bond motifs is 1. The van der Waals surface area contributed by atoms with E-state index < -0.39 is 0 Å². The number of halogens is 1. The molecule has 1 N–H and O–H groups in total. The fraction of sp³-hybridized carbons (Fsp3) is 0.150. The fourth-order valence-corrected chi connectivity index (χ4v) is 4.71. The lowest BCUT2D eigenvalue weighted by atomic mass is 9.89. The molecule has 1 amide bonds. The van der Waals surface area contributed by atoms with Gasteiger partial charge in [-0.2, -0.15) is 0 Å². The summed E-state index contributed by atoms with van der Waals surface area (Å²) in [4.78, 5) is 13.5. The lowest BCUT2D eigenvalue weighted by Gasteiger charge is -2.24. The third-order valence-corrected chi connectivity index (χ3v) is 5.91. The van der Waals surface area contributed by atoms with E-state index in [4.69, 9.17) is 16.3 Å². The number of rotatable bonds is 3. The first-order valence-electron chi connectivity index (χ1n) is 7.98. The van der Waals surface area contributed by atoms with Gasteiger partial charge >= 0.3 is 0 Å². The van der Waals surface area contributed by atoms with Gasteiger partial charge in [0.25, 0.3) is 0 Å². The molecule has 5 heteroatoms. The maximum atomic E-state index is 12.4. The predicted molar refractivity (Wildman–Crippen MR) is 103 cm³/mol. The summed E-state index contributed by atoms with van der Waals surface area (Å²) in [6.45, 7) is 0. The Morgan fingerprint density at radius 1 is 1.12 bits per heavy atom. The molecule has 2 aromatic carbocycles. The van der Waals surface area contributed by atoms with Crippen LogP contribution in [0, 0.1) is 0 Å². The number of hydrogen-bond acceptors (Lipinski definition) is 3. The van der Waals surface area contributed by atoms with E-state index in [-0.39, 0.29) is 11.8 Å². The third-order valence-electron chi connectivity index (χ3n) is 4.47. The summed E-state index contributed by atoms with van der Waals surface area (Å²) in [5.41, 5.74) is 3.83. The number of benzene rings is 2. The second-order valence-electron chi connectivity index (χ2n) is 5.92. The largest absolute Gasteiger partial charge is 0.496 e. The highest BCUT2D eigenvalue weighted by Crippen LogP contribution is 2.49. The van der Waals surface area contributed by atoms with Crippen LogP contribution in [0.15, 0.2) is 53.9 Å². The number of ether oxygens (including phenoxy) is 1. The first-order chi connectivity index (χ1) is 12.2. The van der Waals surface area contributed by atoms with Crippen LogP contribution in [0.5, 0.6) is 5.75 Å². The van der Waals surface area contributed by atoms with Crippen LogP contribution in [0.25, 0.3) is 11.1 Å². The number of para-hydroxylation sites is 1. The molecular weight excluding hydrogens is 354 g/mol. The molecule has 1 unspecified atom stereocenters. The molecule has 3 nitrogen and oxygen atoms in total. The average molecular weight is 370 g/mol. The molecule has 0 fully saturated rings. The maximum absolute atomic E-state index is 12.4. The van der Waals surface area contributed by atoms with E-state index in [1.807, 2.05) is 48.5 Å². The van der Waals surface area contributed by atoms with E-state index >= 15 is 0 Å². The van der Waals surface area contributed by atoms with Gasteiger partial charge in [0.1, 0.15) is 5.75 Å². The van der Waals surface area contributed by atoms with Crippen molar-refractivity contribution in [3.63, 3.8) is 0 Å². The third kappa shape index (κ3) is 2.81. The van der Waals surface area contributed by atoms with E-state index in [1.165, 1.54) is 0 Å². The Kier molecular flexibility index (Phi) is 4.24. The monoisotopic (exact) mass is 369 g/mol. The first kappa shape index (κ1) is 16.2. The summed E-state index contributed by atoms with van der Waals surface area (Å²) in [6, 6.07) is 15.6. The summed E-state index contributed by atoms with van der Waals surface area (Å²) in [5, 5.41) is 5.83. The lowest BCUT2D eigenvalue weighted by molar-refractivity contribution is -0.116. The second kappa shape index (κ2) is 6.54. The maximum Gasteiger partial charge on any atom is 0.225 e. The van der Waals surface area contributed by atoms with Gasteiger partial charge in [-0.3, -0.25) is 4.79 Å². The van der Waals surface area contributed by atoms with Gasteiger partial charge in [-0.15, -0.1) is 11.3 Å². The minimum absolute atomic E-state index is 0.00645. The number of anilines is 1. The lowest BCUT2D eigenvalue weighted by Crippen LogP contribution is -2.22. The highest BCUT2D eigenvalue weighted by molar-refractivity contribution is 7.11. The van der Waals surface area contributed by atoms with E-state index in [9.17, 15) is 4.79 Å². The number of amides is 1. The van der Waals surface area contributed by atoms with Crippen LogP contribution in [0.4, 0.5) is 5.69 Å². The van der Waals surface area contributed by atoms with Crippen LogP contribution in [-0.4, -0.2) is 13.0 Å². The summed E-state index contributed by atoms with van der Waals surface area (Å²) < 4.78 is 5.49. The molecule has 0 spiro atoms. The first-order valence-corrected chi connectivity index (χ1v) is 9.24. The molecule has 3 aromatic rings. The van der Waals surface area contributed by atoms with Crippen LogP contribution in [0.3, 0.4) is 0 Å². The number of carbonyl (C=O) groups is 1. The second-order valence-corrected chi connectivity index (χ2v) is 7.23. The standard InChI is InChI=1S/C20H16ClNO2S/c1-24-17-9-5-3-7-13(17)15-11-25-20-14(10-18(23)22-19(15)20)12-6-2-4-8-16(12)21/h2-9,11,14H,10H2,1H3,(H,22,23). The van der Waals surface area contributed by atoms with Gasteiger partial charge < -0.3 is 10.1 Å². The van der Waals surface area contributed by atoms with Crippen molar-refractivity contribution in [2.45, 2.75) is 12.3 Å². The molecule has 1 aromatic heterocycles. The van der Waals surface area contributed by atoms with Crippen molar-refractivity contribution < 1.29 is 9.53 Å². The SMILES string of the molecule is COc1ccccc1-c1csc2c1NC(=O)CC2c1ccccc1Cl. The molecule has 2 heterocycles. The zero-order valence-corrected chi connectivity index (χ0v) is 15.2. The Bertz CT molecular complexity index is 950. The molecule has 0 aliphatic carbocycles. The summed E-state index contributed by atoms with van der Waals surface area (Å²) in [5.74, 6) is 0.773. The molecule has 0 saturated carbocycles. The Balaban J connectivity index is 1.86. The van der Waals surface area contributed by atoms with Gasteiger partial charge in [-0.05, 0) is 17.7 Å². The molecule has 0 bridgehead atoms. The van der Waals surface area contributed by atoms with E-state index in [1.54, 1.807) is 18.4 Å². The van der Waals surface area contributed by atoms with Gasteiger partial charge in [0.15, 0.2) is 0 Å². The van der Waals surface area contributed by atoms with Crippen molar-refractivity contribution in [2.75, 3.05) is 12.4 Å². The molecule has 1 aliphatic heterocycles. The fourth-order valence-electron chi connectivity index (χ4n) is 3.30. The minimum atomic E-state index is -0.0223. The van der Waals surface area contributed by atoms with Crippen molar-refractivity contribution in [3.8, 4) is 16.9 Å². The molecule has 25 heavy (non-hydrogen) atoms. The highest BCUT2D eigenvalue weighted by Gasteiger charge is 2.31. The van der Waals surface area contributed by atoms with Crippen LogP contribution < -0.4 is 10.1 Å². The number of hydrogen-bond donors (Lipinski definition) is 1. The van der Waals surface area contributed by atoms with Crippen molar-refractivity contribution in [3.05, 3.63) is 69.4 Å². The minimum Gasteiger partial charge on any atom is -0.496 e. The number of nitrogens with one attached hydrogen (secondary N) is 1. The molecule has 0 radical (unpaired) electrons. The van der Waals surface area contributed by atoms with E-state index in [0.29, 0.717) is 11.4 Å². The summed E-state index contributed by atoms with van der Waals surface area (Å²) >= 11 is 8.05. The number of methoxy groups -OCH3 is 1. The average Bonchev–Trinajstić information content (AvgIpc) is 3.05. The van der Waals surface area contributed by atoms with Gasteiger partial charge in [-0.1, -0.05) is 48.0 Å². The Labute approximate surface area is 155 Å². The van der Waals surface area contributed by atoms with Crippen LogP contribution >= 0.6 is 22.9 Å². The number of thiophene rings is 1. The van der Waals surface area contributed by atoms with Crippen molar-refractivity contribution in [1.29, 1.82) is 0 Å². The van der Waals surface area contributed by atoms with Crippen molar-refractivity contribution in [1.82, 2.24) is 0 Å². The van der Waals surface area contributed by atoms with Crippen LogP contribution in [0.2, 0.25) is 5.02 Å². The van der Waals surface area contributed by atoms with Crippen molar-refractivity contribution in [2.24, 2.45) is 0 Å². The van der Waals surface area contributed by atoms with Gasteiger partial charge in [-0.25, -0.2) is 0 Å². The normalized spacial score (nSPS) is 16.2. The van der Waals surface area contributed by atoms with Gasteiger partial charge in [0, 0.05) is 38.7 Å². The quantitative estimate of drug-likeness (QED) is 0.657. The molecule has 4 rings (SSSR count). The summed E-state index contributed by atoms with van der Waals surface area (Å²) in [6.07, 6.45) is 0.405. The van der Waals surface area contributed by atoms with Crippen LogP contribution in [-0.2, 0) is 4.79 Å². The van der Waals surface area contributed by atoms with Gasteiger partial charge in [0.05, 0.1) is 12.8 Å². The number of carbonyl (C=O) groups excluding carboxylic acids is 1. The summed E-state index contributed by atoms with van der Waals surface area (Å²) in [7, 11) is 1.66. The zero-order valence-electron chi connectivity index (χ0n) is 13.6. The Morgan fingerprint density at radius 2 is 1.88 bits per heavy atom. The molecule has 1 atom stereocenters. The molecule has 1 aliphatic rings. The zero-order chi connectivity index (χ0) is 17.4. The van der Waals surface area contributed by atoms with Gasteiger partial charge in [0.2, 0.25) is 5.91 Å². The Morgan fingerprint density at radius 3 is 2.68 bits per heavy atom. The van der Waals surface area contributed by atoms with E-state index in [0.717, 1.165) is 33.0 Å². The highest BCUT2D eigenvalue weighted by atomic mass is 35.5. The molecule has 126 valence electrons. The van der Waals surface area contributed by atoms with Crippen LogP contribution in [0.1, 0.15) is 22.8 Å². The van der Waals surface area contributed by atoms with Crippen molar-refractivity contribution >= 4 is 34.5 Å². The van der Waals surface area contributed by atoms with E-state index in [2.05, 4.69) is 10.7 Å². The molecule has 0 saturated heterocycles.